The van der Waals surface area contributed by atoms with Crippen molar-refractivity contribution < 1.29 is 14.6 Å². The van der Waals surface area contributed by atoms with E-state index in [2.05, 4.69) is 5.32 Å². The molecule has 1 rings (SSSR count). The number of nitrogens with one attached hydrogen (secondary N) is 1. The lowest BCUT2D eigenvalue weighted by Gasteiger charge is -2.20. The number of rotatable bonds is 7. The molecule has 0 bridgehead atoms. The summed E-state index contributed by atoms with van der Waals surface area (Å²) in [6.07, 6.45) is 1.23. The van der Waals surface area contributed by atoms with E-state index in [0.717, 1.165) is 12.8 Å². The van der Waals surface area contributed by atoms with Gasteiger partial charge in [0.05, 0.1) is 6.61 Å². The number of hydrogen-bond donors (Lipinski definition) is 2. The second-order valence-corrected chi connectivity index (χ2v) is 4.55. The Morgan fingerprint density at radius 1 is 1.32 bits per heavy atom. The molecule has 0 spiro atoms. The van der Waals surface area contributed by atoms with Crippen molar-refractivity contribution in [2.45, 2.75) is 52.4 Å². The summed E-state index contributed by atoms with van der Waals surface area (Å²) >= 11 is 0. The van der Waals surface area contributed by atoms with Crippen LogP contribution in [0, 0.1) is 0 Å². The van der Waals surface area contributed by atoms with Gasteiger partial charge >= 0.3 is 0 Å². The van der Waals surface area contributed by atoms with Crippen molar-refractivity contribution in [1.29, 1.82) is 0 Å². The maximum Gasteiger partial charge on any atom is 0.260 e. The fourth-order valence-electron chi connectivity index (χ4n) is 1.80. The number of aliphatic hydroxyl groups is 1. The number of carbonyl (C=O) groups is 1. The molecule has 4 heteroatoms. The number of benzene rings is 1. The minimum absolute atomic E-state index is 0.100. The number of amides is 1. The van der Waals surface area contributed by atoms with E-state index in [9.17, 15) is 9.90 Å². The zero-order chi connectivity index (χ0) is 14.3. The maximum atomic E-state index is 12.0. The fourth-order valence-corrected chi connectivity index (χ4v) is 1.80. The molecule has 0 aliphatic carbocycles. The van der Waals surface area contributed by atoms with E-state index in [1.807, 2.05) is 26.0 Å². The second kappa shape index (κ2) is 7.79. The van der Waals surface area contributed by atoms with Gasteiger partial charge in [-0.05, 0) is 25.8 Å². The Labute approximate surface area is 114 Å². The quantitative estimate of drug-likeness (QED) is 0.795. The highest BCUT2D eigenvalue weighted by Gasteiger charge is 2.18. The summed E-state index contributed by atoms with van der Waals surface area (Å²) in [6.45, 7) is 5.70. The van der Waals surface area contributed by atoms with Crippen LogP contribution in [-0.2, 0) is 11.4 Å². The summed E-state index contributed by atoms with van der Waals surface area (Å²) in [7, 11) is 0. The van der Waals surface area contributed by atoms with Crippen molar-refractivity contribution in [2.75, 3.05) is 0 Å². The first kappa shape index (κ1) is 15.5. The normalized spacial score (nSPS) is 12.3. The van der Waals surface area contributed by atoms with Crippen molar-refractivity contribution in [1.82, 2.24) is 5.32 Å². The van der Waals surface area contributed by atoms with Gasteiger partial charge in [0.1, 0.15) is 5.75 Å². The molecule has 0 aliphatic heterocycles. The van der Waals surface area contributed by atoms with E-state index in [0.29, 0.717) is 11.3 Å². The molecule has 19 heavy (non-hydrogen) atoms. The molecule has 1 unspecified atom stereocenters. The van der Waals surface area contributed by atoms with Gasteiger partial charge in [0.15, 0.2) is 6.10 Å². The number of hydrogen-bond acceptors (Lipinski definition) is 3. The summed E-state index contributed by atoms with van der Waals surface area (Å²) in [4.78, 5) is 12.0. The maximum absolute atomic E-state index is 12.0. The zero-order valence-corrected chi connectivity index (χ0v) is 11.8. The van der Waals surface area contributed by atoms with E-state index in [-0.39, 0.29) is 18.6 Å². The zero-order valence-electron chi connectivity index (χ0n) is 11.8. The van der Waals surface area contributed by atoms with Gasteiger partial charge in [0.25, 0.3) is 5.91 Å². The molecule has 0 saturated heterocycles. The highest BCUT2D eigenvalue weighted by Crippen LogP contribution is 2.19. The predicted molar refractivity (Wildman–Crippen MR) is 75.0 cm³/mol. The van der Waals surface area contributed by atoms with Gasteiger partial charge in [-0.1, -0.05) is 32.0 Å². The van der Waals surface area contributed by atoms with Crippen LogP contribution in [-0.4, -0.2) is 23.2 Å². The lowest BCUT2D eigenvalue weighted by Crippen LogP contribution is -2.42. The van der Waals surface area contributed by atoms with Crippen molar-refractivity contribution >= 4 is 5.91 Å². The molecule has 0 fully saturated rings. The van der Waals surface area contributed by atoms with Gasteiger partial charge in [0.2, 0.25) is 0 Å². The Kier molecular flexibility index (Phi) is 6.36. The van der Waals surface area contributed by atoms with E-state index >= 15 is 0 Å². The third-order valence-corrected chi connectivity index (χ3v) is 3.15. The topological polar surface area (TPSA) is 58.6 Å². The van der Waals surface area contributed by atoms with E-state index in [1.54, 1.807) is 19.1 Å². The second-order valence-electron chi connectivity index (χ2n) is 4.55. The van der Waals surface area contributed by atoms with E-state index in [4.69, 9.17) is 4.74 Å². The van der Waals surface area contributed by atoms with Gasteiger partial charge in [-0.15, -0.1) is 0 Å². The number of ether oxygens (including phenoxy) is 1. The summed E-state index contributed by atoms with van der Waals surface area (Å²) < 4.78 is 5.62. The van der Waals surface area contributed by atoms with Crippen LogP contribution in [0.15, 0.2) is 24.3 Å². The molecule has 0 saturated carbocycles. The smallest absolute Gasteiger partial charge is 0.260 e. The van der Waals surface area contributed by atoms with Crippen LogP contribution in [0.3, 0.4) is 0 Å². The van der Waals surface area contributed by atoms with Gasteiger partial charge in [-0.2, -0.15) is 0 Å². The number of aliphatic hydroxyl groups excluding tert-OH is 1. The third kappa shape index (κ3) is 4.56. The number of carbonyl (C=O) groups excluding carboxylic acids is 1. The predicted octanol–water partition coefficient (Wildman–Crippen LogP) is 2.25. The average Bonchev–Trinajstić information content (AvgIpc) is 2.44. The summed E-state index contributed by atoms with van der Waals surface area (Å²) in [5, 5.41) is 12.2. The number of para-hydroxylation sites is 1. The minimum atomic E-state index is -0.576. The largest absolute Gasteiger partial charge is 0.481 e. The fraction of sp³-hybridized carbons (Fsp3) is 0.533. The van der Waals surface area contributed by atoms with Crippen molar-refractivity contribution in [3.8, 4) is 5.75 Å². The van der Waals surface area contributed by atoms with Crippen LogP contribution in [0.5, 0.6) is 5.75 Å². The monoisotopic (exact) mass is 265 g/mol. The van der Waals surface area contributed by atoms with Crippen LogP contribution in [0.4, 0.5) is 0 Å². The molecule has 1 atom stereocenters. The first-order valence-electron chi connectivity index (χ1n) is 6.78. The van der Waals surface area contributed by atoms with E-state index in [1.165, 1.54) is 0 Å². The minimum Gasteiger partial charge on any atom is -0.481 e. The van der Waals surface area contributed by atoms with Gasteiger partial charge in [-0.25, -0.2) is 0 Å². The molecule has 1 amide bonds. The Morgan fingerprint density at radius 2 is 1.95 bits per heavy atom. The van der Waals surface area contributed by atoms with Gasteiger partial charge in [-0.3, -0.25) is 4.79 Å². The molecule has 0 radical (unpaired) electrons. The van der Waals surface area contributed by atoms with Crippen LogP contribution in [0.1, 0.15) is 39.2 Å². The standard InChI is InChI=1S/C15H23NO3/c1-4-13(5-2)16-15(18)11(3)19-14-9-7-6-8-12(14)10-17/h6-9,11,13,17H,4-5,10H2,1-3H3,(H,16,18). The highest BCUT2D eigenvalue weighted by atomic mass is 16.5. The third-order valence-electron chi connectivity index (χ3n) is 3.15. The van der Waals surface area contributed by atoms with Crippen LogP contribution in [0.2, 0.25) is 0 Å². The Balaban J connectivity index is 2.63. The SMILES string of the molecule is CCC(CC)NC(=O)C(C)Oc1ccccc1CO. The van der Waals surface area contributed by atoms with Crippen LogP contribution >= 0.6 is 0 Å². The molecule has 0 aliphatic rings. The molecule has 0 heterocycles. The molecule has 2 N–H and O–H groups in total. The van der Waals surface area contributed by atoms with Crippen LogP contribution < -0.4 is 10.1 Å². The molecule has 4 nitrogen and oxygen atoms in total. The summed E-state index contributed by atoms with van der Waals surface area (Å²) in [6, 6.07) is 7.37. The average molecular weight is 265 g/mol. The summed E-state index contributed by atoms with van der Waals surface area (Å²) in [5.41, 5.74) is 0.685. The molecule has 0 aromatic heterocycles. The Hall–Kier alpha value is -1.55. The van der Waals surface area contributed by atoms with Crippen molar-refractivity contribution in [3.63, 3.8) is 0 Å². The van der Waals surface area contributed by atoms with Crippen molar-refractivity contribution in [2.24, 2.45) is 0 Å². The first-order chi connectivity index (χ1) is 9.12. The van der Waals surface area contributed by atoms with Gasteiger partial charge in [0, 0.05) is 11.6 Å². The lowest BCUT2D eigenvalue weighted by atomic mass is 10.1. The molecular weight excluding hydrogens is 242 g/mol. The van der Waals surface area contributed by atoms with Gasteiger partial charge < -0.3 is 15.2 Å². The molecule has 1 aromatic carbocycles. The molecule has 106 valence electrons. The van der Waals surface area contributed by atoms with Crippen molar-refractivity contribution in [3.05, 3.63) is 29.8 Å². The Morgan fingerprint density at radius 3 is 2.53 bits per heavy atom. The first-order valence-corrected chi connectivity index (χ1v) is 6.78. The molecule has 1 aromatic rings. The highest BCUT2D eigenvalue weighted by molar-refractivity contribution is 5.81. The lowest BCUT2D eigenvalue weighted by molar-refractivity contribution is -0.128. The summed E-state index contributed by atoms with van der Waals surface area (Å²) in [5.74, 6) is 0.429. The Bertz CT molecular complexity index is 402. The molecular formula is C15H23NO3. The van der Waals surface area contributed by atoms with E-state index < -0.39 is 6.10 Å². The van der Waals surface area contributed by atoms with Crippen LogP contribution in [0.25, 0.3) is 0 Å².